The summed E-state index contributed by atoms with van der Waals surface area (Å²) in [6.45, 7) is 7.75. The van der Waals surface area contributed by atoms with E-state index in [2.05, 4.69) is 28.8 Å². The van der Waals surface area contributed by atoms with E-state index in [4.69, 9.17) is 14.2 Å². The quantitative estimate of drug-likeness (QED) is 0.454. The van der Waals surface area contributed by atoms with E-state index < -0.39 is 15.9 Å². The number of carbonyl (C=O) groups excluding carboxylic acids is 1. The predicted octanol–water partition coefficient (Wildman–Crippen LogP) is 2.26. The van der Waals surface area contributed by atoms with Gasteiger partial charge in [0.15, 0.2) is 11.5 Å². The van der Waals surface area contributed by atoms with E-state index in [0.717, 1.165) is 25.2 Å². The molecule has 182 valence electrons. The molecule has 9 nitrogen and oxygen atoms in total. The Morgan fingerprint density at radius 3 is 2.24 bits per heavy atom. The van der Waals surface area contributed by atoms with Crippen molar-refractivity contribution in [1.29, 1.82) is 0 Å². The highest BCUT2D eigenvalue weighted by Crippen LogP contribution is 2.28. The number of nitrogens with one attached hydrogen (secondary N) is 2. The fourth-order valence-corrected chi connectivity index (χ4v) is 4.11. The van der Waals surface area contributed by atoms with Crippen LogP contribution in [0.1, 0.15) is 29.8 Å². The van der Waals surface area contributed by atoms with E-state index in [0.29, 0.717) is 18.1 Å². The Balaban J connectivity index is 2.07. The van der Waals surface area contributed by atoms with Crippen molar-refractivity contribution in [3.63, 3.8) is 0 Å². The van der Waals surface area contributed by atoms with Crippen LogP contribution < -0.4 is 24.2 Å². The Hall–Kier alpha value is -2.82. The molecule has 2 aromatic carbocycles. The Kier molecular flexibility index (Phi) is 9.95. The summed E-state index contributed by atoms with van der Waals surface area (Å²) in [7, 11) is 0.449. The summed E-state index contributed by atoms with van der Waals surface area (Å²) >= 11 is 0. The second-order valence-corrected chi connectivity index (χ2v) is 8.97. The highest BCUT2D eigenvalue weighted by Gasteiger charge is 2.20. The minimum atomic E-state index is -3.78. The van der Waals surface area contributed by atoms with Crippen LogP contribution in [0.25, 0.3) is 0 Å². The molecule has 33 heavy (non-hydrogen) atoms. The molecule has 0 unspecified atom stereocenters. The van der Waals surface area contributed by atoms with Crippen molar-refractivity contribution in [2.24, 2.45) is 0 Å². The van der Waals surface area contributed by atoms with Crippen LogP contribution >= 0.6 is 0 Å². The zero-order chi connectivity index (χ0) is 24.4. The first kappa shape index (κ1) is 26.4. The van der Waals surface area contributed by atoms with E-state index >= 15 is 0 Å². The number of ether oxygens (including phenoxy) is 3. The van der Waals surface area contributed by atoms with Gasteiger partial charge < -0.3 is 24.4 Å². The van der Waals surface area contributed by atoms with Gasteiger partial charge in [-0.15, -0.1) is 0 Å². The Morgan fingerprint density at radius 2 is 1.64 bits per heavy atom. The topological polar surface area (TPSA) is 106 Å². The lowest BCUT2D eigenvalue weighted by molar-refractivity contribution is 0.0950. The molecule has 0 saturated carbocycles. The van der Waals surface area contributed by atoms with Crippen molar-refractivity contribution in [2.75, 3.05) is 47.5 Å². The molecule has 10 heteroatoms. The third-order valence-corrected chi connectivity index (χ3v) is 6.66. The Bertz CT molecular complexity index is 1040. The Labute approximate surface area is 196 Å². The summed E-state index contributed by atoms with van der Waals surface area (Å²) in [5.74, 6) is 0.955. The maximum atomic E-state index is 12.6. The van der Waals surface area contributed by atoms with E-state index in [1.807, 2.05) is 12.1 Å². The van der Waals surface area contributed by atoms with Crippen molar-refractivity contribution in [1.82, 2.24) is 14.9 Å². The summed E-state index contributed by atoms with van der Waals surface area (Å²) in [5, 5.41) is 2.80. The molecule has 0 aliphatic carbocycles. The largest absolute Gasteiger partial charge is 0.495 e. The van der Waals surface area contributed by atoms with Crippen LogP contribution in [0.3, 0.4) is 0 Å². The molecule has 0 heterocycles. The van der Waals surface area contributed by atoms with E-state index in [-0.39, 0.29) is 22.8 Å². The molecule has 0 spiro atoms. The molecule has 2 rings (SSSR count). The lowest BCUT2D eigenvalue weighted by Crippen LogP contribution is -2.28. The smallest absolute Gasteiger partial charge is 0.251 e. The van der Waals surface area contributed by atoms with Gasteiger partial charge >= 0.3 is 0 Å². The molecule has 0 aromatic heterocycles. The highest BCUT2D eigenvalue weighted by atomic mass is 32.2. The summed E-state index contributed by atoms with van der Waals surface area (Å²) in [5.41, 5.74) is 1.01. The van der Waals surface area contributed by atoms with Crippen LogP contribution in [0.5, 0.6) is 17.2 Å². The predicted molar refractivity (Wildman–Crippen MR) is 127 cm³/mol. The first-order valence-corrected chi connectivity index (χ1v) is 12.2. The third kappa shape index (κ3) is 7.08. The van der Waals surface area contributed by atoms with Crippen LogP contribution in [-0.2, 0) is 16.6 Å². The van der Waals surface area contributed by atoms with Gasteiger partial charge in [-0.05, 0) is 56.0 Å². The average molecular weight is 480 g/mol. The molecule has 0 saturated heterocycles. The van der Waals surface area contributed by atoms with Crippen LogP contribution in [-0.4, -0.2) is 66.7 Å². The molecule has 2 N–H and O–H groups in total. The molecular weight excluding hydrogens is 446 g/mol. The second-order valence-electron chi connectivity index (χ2n) is 7.12. The number of carbonyl (C=O) groups is 1. The van der Waals surface area contributed by atoms with Crippen LogP contribution in [0.2, 0.25) is 0 Å². The first-order valence-electron chi connectivity index (χ1n) is 10.7. The molecule has 0 bridgehead atoms. The standard InChI is InChI=1S/C23H33N3O6S/c1-6-26(7-2)12-13-32-19-10-8-17(14-21(19)31-5)16-25-23(27)18-9-11-20(30-4)22(15-18)33(28,29)24-3/h8-11,14-15,24H,6-7,12-13,16H2,1-5H3,(H,25,27). The minimum Gasteiger partial charge on any atom is -0.495 e. The number of benzene rings is 2. The van der Waals surface area contributed by atoms with Gasteiger partial charge in [0.05, 0.1) is 14.2 Å². The molecule has 0 radical (unpaired) electrons. The molecular formula is C23H33N3O6S. The lowest BCUT2D eigenvalue weighted by Gasteiger charge is -2.19. The van der Waals surface area contributed by atoms with Gasteiger partial charge in [-0.2, -0.15) is 0 Å². The summed E-state index contributed by atoms with van der Waals surface area (Å²) in [4.78, 5) is 14.8. The normalized spacial score (nSPS) is 11.3. The minimum absolute atomic E-state index is 0.104. The van der Waals surface area contributed by atoms with E-state index in [1.54, 1.807) is 13.2 Å². The highest BCUT2D eigenvalue weighted by molar-refractivity contribution is 7.89. The molecule has 0 aliphatic heterocycles. The number of nitrogens with zero attached hydrogens (tertiary/aromatic N) is 1. The van der Waals surface area contributed by atoms with Crippen molar-refractivity contribution in [3.05, 3.63) is 47.5 Å². The van der Waals surface area contributed by atoms with Gasteiger partial charge in [0, 0.05) is 18.7 Å². The zero-order valence-corrected chi connectivity index (χ0v) is 20.6. The van der Waals surface area contributed by atoms with Gasteiger partial charge in [0.2, 0.25) is 10.0 Å². The van der Waals surface area contributed by atoms with Gasteiger partial charge in [-0.3, -0.25) is 4.79 Å². The van der Waals surface area contributed by atoms with Crippen LogP contribution in [0.4, 0.5) is 0 Å². The monoisotopic (exact) mass is 479 g/mol. The molecule has 0 fully saturated rings. The van der Waals surface area contributed by atoms with Crippen LogP contribution in [0.15, 0.2) is 41.3 Å². The molecule has 1 amide bonds. The number of likely N-dealkylation sites (N-methyl/N-ethyl adjacent to an activating group) is 1. The van der Waals surface area contributed by atoms with Gasteiger partial charge in [-0.1, -0.05) is 19.9 Å². The van der Waals surface area contributed by atoms with Crippen molar-refractivity contribution < 1.29 is 27.4 Å². The zero-order valence-electron chi connectivity index (χ0n) is 19.8. The maximum Gasteiger partial charge on any atom is 0.251 e. The molecule has 2 aromatic rings. The fourth-order valence-electron chi connectivity index (χ4n) is 3.19. The summed E-state index contributed by atoms with van der Waals surface area (Å²) < 4.78 is 43.1. The number of hydrogen-bond acceptors (Lipinski definition) is 7. The number of sulfonamides is 1. The van der Waals surface area contributed by atoms with Crippen LogP contribution in [0, 0.1) is 0 Å². The number of amides is 1. The fraction of sp³-hybridized carbons (Fsp3) is 0.435. The van der Waals surface area contributed by atoms with Gasteiger partial charge in [-0.25, -0.2) is 13.1 Å². The van der Waals surface area contributed by atoms with Gasteiger partial charge in [0.25, 0.3) is 5.91 Å². The third-order valence-electron chi connectivity index (χ3n) is 5.22. The molecule has 0 aliphatic rings. The van der Waals surface area contributed by atoms with Crippen molar-refractivity contribution in [3.8, 4) is 17.2 Å². The maximum absolute atomic E-state index is 12.6. The van der Waals surface area contributed by atoms with E-state index in [9.17, 15) is 13.2 Å². The summed E-state index contributed by atoms with van der Waals surface area (Å²) in [6.07, 6.45) is 0. The van der Waals surface area contributed by atoms with Crippen molar-refractivity contribution >= 4 is 15.9 Å². The molecule has 0 atom stereocenters. The summed E-state index contributed by atoms with van der Waals surface area (Å²) in [6, 6.07) is 9.71. The van der Waals surface area contributed by atoms with E-state index in [1.165, 1.54) is 32.4 Å². The Morgan fingerprint density at radius 1 is 0.970 bits per heavy atom. The average Bonchev–Trinajstić information content (AvgIpc) is 2.85. The van der Waals surface area contributed by atoms with Crippen molar-refractivity contribution in [2.45, 2.75) is 25.3 Å². The number of rotatable bonds is 13. The SMILES string of the molecule is CCN(CC)CCOc1ccc(CNC(=O)c2ccc(OC)c(S(=O)(=O)NC)c2)cc1OC. The number of methoxy groups -OCH3 is 2. The number of hydrogen-bond donors (Lipinski definition) is 2. The van der Waals surface area contributed by atoms with Gasteiger partial charge in [0.1, 0.15) is 17.3 Å². The second kappa shape index (κ2) is 12.4. The lowest BCUT2D eigenvalue weighted by atomic mass is 10.1. The first-order chi connectivity index (χ1) is 15.8.